The second-order valence-corrected chi connectivity index (χ2v) is 5.76. The Labute approximate surface area is 150 Å². The Bertz CT molecular complexity index is 541. The largest absolute Gasteiger partial charge is 0.493 e. The van der Waals surface area contributed by atoms with Gasteiger partial charge in [-0.3, -0.25) is 5.43 Å². The van der Waals surface area contributed by atoms with Crippen LogP contribution in [0.15, 0.2) is 21.7 Å². The lowest BCUT2D eigenvalue weighted by Crippen LogP contribution is -2.34. The van der Waals surface area contributed by atoms with Gasteiger partial charge in [-0.05, 0) is 52.3 Å². The van der Waals surface area contributed by atoms with Crippen LogP contribution < -0.4 is 20.2 Å². The lowest BCUT2D eigenvalue weighted by molar-refractivity contribution is 0.204. The number of thiocarbonyl (C=S) groups is 1. The molecule has 0 atom stereocenters. The van der Waals surface area contributed by atoms with Crippen LogP contribution in [-0.4, -0.2) is 45.3 Å². The number of benzene rings is 1. The molecule has 0 aromatic heterocycles. The van der Waals surface area contributed by atoms with Gasteiger partial charge >= 0.3 is 0 Å². The van der Waals surface area contributed by atoms with Crippen molar-refractivity contribution in [3.8, 4) is 11.5 Å². The van der Waals surface area contributed by atoms with Crippen molar-refractivity contribution < 1.29 is 14.2 Å². The van der Waals surface area contributed by atoms with Crippen molar-refractivity contribution in [3.05, 3.63) is 22.2 Å². The van der Waals surface area contributed by atoms with Crippen LogP contribution in [0.2, 0.25) is 0 Å². The van der Waals surface area contributed by atoms with Crippen molar-refractivity contribution in [1.29, 1.82) is 0 Å². The summed E-state index contributed by atoms with van der Waals surface area (Å²) in [6.45, 7) is 3.89. The zero-order valence-electron chi connectivity index (χ0n) is 13.5. The first-order valence-corrected chi connectivity index (χ1v) is 8.38. The summed E-state index contributed by atoms with van der Waals surface area (Å²) in [5.74, 6) is 1.34. The quantitative estimate of drug-likeness (QED) is 0.286. The van der Waals surface area contributed by atoms with Crippen molar-refractivity contribution in [2.75, 3.05) is 34.0 Å². The molecular formula is C15H22BrN3O3S. The zero-order valence-corrected chi connectivity index (χ0v) is 15.9. The summed E-state index contributed by atoms with van der Waals surface area (Å²) in [7, 11) is 3.24. The highest BCUT2D eigenvalue weighted by Crippen LogP contribution is 2.36. The van der Waals surface area contributed by atoms with Crippen LogP contribution in [0.3, 0.4) is 0 Å². The first-order chi connectivity index (χ1) is 11.1. The number of nitrogens with zero attached hydrogens (tertiary/aromatic N) is 1. The Morgan fingerprint density at radius 2 is 2.13 bits per heavy atom. The highest BCUT2D eigenvalue weighted by molar-refractivity contribution is 9.10. The summed E-state index contributed by atoms with van der Waals surface area (Å²) >= 11 is 8.57. The monoisotopic (exact) mass is 403 g/mol. The van der Waals surface area contributed by atoms with E-state index in [9.17, 15) is 0 Å². The molecule has 0 fully saturated rings. The third kappa shape index (κ3) is 7.15. The minimum absolute atomic E-state index is 0.437. The van der Waals surface area contributed by atoms with Crippen LogP contribution in [0.25, 0.3) is 0 Å². The zero-order chi connectivity index (χ0) is 17.1. The number of hydrogen-bond acceptors (Lipinski definition) is 5. The molecule has 0 spiro atoms. The summed E-state index contributed by atoms with van der Waals surface area (Å²) in [4.78, 5) is 0. The molecule has 0 amide bonds. The van der Waals surface area contributed by atoms with Crippen molar-refractivity contribution >= 4 is 39.5 Å². The van der Waals surface area contributed by atoms with Crippen LogP contribution in [-0.2, 0) is 4.74 Å². The molecule has 0 saturated carbocycles. The molecule has 0 unspecified atom stereocenters. The molecule has 8 heteroatoms. The van der Waals surface area contributed by atoms with Crippen molar-refractivity contribution in [2.45, 2.75) is 13.3 Å². The molecule has 0 aliphatic heterocycles. The van der Waals surface area contributed by atoms with Crippen LogP contribution >= 0.6 is 28.1 Å². The van der Waals surface area contributed by atoms with Gasteiger partial charge in [0, 0.05) is 13.7 Å². The molecule has 1 aromatic carbocycles. The maximum atomic E-state index is 5.69. The van der Waals surface area contributed by atoms with Gasteiger partial charge < -0.3 is 19.5 Å². The lowest BCUT2D eigenvalue weighted by Gasteiger charge is -2.12. The van der Waals surface area contributed by atoms with E-state index in [1.165, 1.54) is 0 Å². The third-order valence-electron chi connectivity index (χ3n) is 2.67. The number of hydrazone groups is 1. The van der Waals surface area contributed by atoms with Crippen molar-refractivity contribution in [1.82, 2.24) is 10.7 Å². The molecular weight excluding hydrogens is 382 g/mol. The van der Waals surface area contributed by atoms with E-state index in [0.29, 0.717) is 36.4 Å². The molecule has 1 rings (SSSR count). The molecule has 0 heterocycles. The van der Waals surface area contributed by atoms with Gasteiger partial charge in [0.15, 0.2) is 16.6 Å². The number of halogens is 1. The summed E-state index contributed by atoms with van der Waals surface area (Å²) < 4.78 is 16.8. The topological polar surface area (TPSA) is 64.1 Å². The first-order valence-electron chi connectivity index (χ1n) is 7.18. The van der Waals surface area contributed by atoms with E-state index >= 15 is 0 Å². The summed E-state index contributed by atoms with van der Waals surface area (Å²) in [5.41, 5.74) is 3.59. The lowest BCUT2D eigenvalue weighted by atomic mass is 10.2. The van der Waals surface area contributed by atoms with Crippen molar-refractivity contribution in [2.24, 2.45) is 5.10 Å². The van der Waals surface area contributed by atoms with Crippen LogP contribution in [0, 0.1) is 0 Å². The molecule has 0 radical (unpaired) electrons. The summed E-state index contributed by atoms with van der Waals surface area (Å²) in [6, 6.07) is 3.75. The highest BCUT2D eigenvalue weighted by atomic mass is 79.9. The molecule has 0 aliphatic carbocycles. The van der Waals surface area contributed by atoms with Crippen LogP contribution in [0.4, 0.5) is 0 Å². The SMILES string of the molecule is CCCOc1c(Br)cc(/C=N\NC(=S)NCCOC)cc1OC. The van der Waals surface area contributed by atoms with Crippen LogP contribution in [0.1, 0.15) is 18.9 Å². The normalized spacial score (nSPS) is 10.6. The van der Waals surface area contributed by atoms with Gasteiger partial charge in [0.1, 0.15) is 0 Å². The van der Waals surface area contributed by atoms with Gasteiger partial charge in [0.2, 0.25) is 0 Å². The molecule has 0 bridgehead atoms. The molecule has 1 aromatic rings. The Morgan fingerprint density at radius 1 is 1.35 bits per heavy atom. The maximum absolute atomic E-state index is 5.69. The van der Waals surface area contributed by atoms with E-state index < -0.39 is 0 Å². The summed E-state index contributed by atoms with van der Waals surface area (Å²) in [5, 5.41) is 7.49. The predicted octanol–water partition coefficient (Wildman–Crippen LogP) is 2.69. The molecule has 2 N–H and O–H groups in total. The molecule has 0 aliphatic rings. The average Bonchev–Trinajstić information content (AvgIpc) is 2.53. The molecule has 128 valence electrons. The molecule has 6 nitrogen and oxygen atoms in total. The van der Waals surface area contributed by atoms with Gasteiger partial charge in [0.05, 0.1) is 31.0 Å². The number of methoxy groups -OCH3 is 2. The standard InChI is InChI=1S/C15H22BrN3O3S/c1-4-6-22-14-12(16)8-11(9-13(14)21-3)10-18-19-15(23)17-5-7-20-2/h8-10H,4-7H2,1-3H3,(H2,17,19,23)/b18-10-. The van der Waals surface area contributed by atoms with Crippen molar-refractivity contribution in [3.63, 3.8) is 0 Å². The number of nitrogens with one attached hydrogen (secondary N) is 2. The average molecular weight is 404 g/mol. The Hall–Kier alpha value is -1.38. The van der Waals surface area contributed by atoms with E-state index in [2.05, 4.69) is 38.7 Å². The fourth-order valence-electron chi connectivity index (χ4n) is 1.63. The molecule has 23 heavy (non-hydrogen) atoms. The number of hydrogen-bond donors (Lipinski definition) is 2. The van der Waals surface area contributed by atoms with E-state index in [0.717, 1.165) is 16.5 Å². The van der Waals surface area contributed by atoms with E-state index in [1.807, 2.05) is 12.1 Å². The summed E-state index contributed by atoms with van der Waals surface area (Å²) in [6.07, 6.45) is 2.58. The second-order valence-electron chi connectivity index (χ2n) is 4.50. The van der Waals surface area contributed by atoms with Gasteiger partial charge in [-0.25, -0.2) is 0 Å². The van der Waals surface area contributed by atoms with Gasteiger partial charge in [-0.2, -0.15) is 5.10 Å². The molecule has 0 saturated heterocycles. The minimum atomic E-state index is 0.437. The van der Waals surface area contributed by atoms with Gasteiger partial charge in [0.25, 0.3) is 0 Å². The third-order valence-corrected chi connectivity index (χ3v) is 3.50. The highest BCUT2D eigenvalue weighted by Gasteiger charge is 2.10. The van der Waals surface area contributed by atoms with E-state index in [-0.39, 0.29) is 0 Å². The Kier molecular flexibility index (Phi) is 9.58. The van der Waals surface area contributed by atoms with E-state index in [1.54, 1.807) is 20.4 Å². The van der Waals surface area contributed by atoms with Gasteiger partial charge in [-0.1, -0.05) is 6.92 Å². The Morgan fingerprint density at radius 3 is 2.78 bits per heavy atom. The predicted molar refractivity (Wildman–Crippen MR) is 99.7 cm³/mol. The Balaban J connectivity index is 2.68. The number of rotatable bonds is 9. The fraction of sp³-hybridized carbons (Fsp3) is 0.467. The maximum Gasteiger partial charge on any atom is 0.187 e. The van der Waals surface area contributed by atoms with Gasteiger partial charge in [-0.15, -0.1) is 0 Å². The number of ether oxygens (including phenoxy) is 3. The smallest absolute Gasteiger partial charge is 0.187 e. The fourth-order valence-corrected chi connectivity index (χ4v) is 2.36. The second kappa shape index (κ2) is 11.2. The van der Waals surface area contributed by atoms with Crippen LogP contribution in [0.5, 0.6) is 11.5 Å². The van der Waals surface area contributed by atoms with E-state index in [4.69, 9.17) is 26.4 Å². The minimum Gasteiger partial charge on any atom is -0.493 e. The first kappa shape index (κ1) is 19.7.